The molecule has 0 fully saturated rings. The van der Waals surface area contributed by atoms with Crippen LogP contribution in [0.1, 0.15) is 37.0 Å². The fourth-order valence-electron chi connectivity index (χ4n) is 1.41. The third-order valence-electron chi connectivity index (χ3n) is 2.25. The second-order valence-corrected chi connectivity index (χ2v) is 3.88. The van der Waals surface area contributed by atoms with Crippen LogP contribution in [0.25, 0.3) is 0 Å². The molecule has 4 nitrogen and oxygen atoms in total. The first-order chi connectivity index (χ1) is 8.71. The van der Waals surface area contributed by atoms with Crippen molar-refractivity contribution >= 4 is 5.97 Å². The second-order valence-electron chi connectivity index (χ2n) is 3.88. The highest BCUT2D eigenvalue weighted by Gasteiger charge is 2.10. The van der Waals surface area contributed by atoms with Gasteiger partial charge in [0, 0.05) is 6.07 Å². The van der Waals surface area contributed by atoms with E-state index in [0.717, 1.165) is 12.8 Å². The van der Waals surface area contributed by atoms with Crippen molar-refractivity contribution in [2.75, 3.05) is 20.3 Å². The smallest absolute Gasteiger partial charge is 0.338 e. The fourth-order valence-corrected chi connectivity index (χ4v) is 1.41. The van der Waals surface area contributed by atoms with Gasteiger partial charge in [0.05, 0.1) is 25.9 Å². The van der Waals surface area contributed by atoms with E-state index in [4.69, 9.17) is 14.2 Å². The van der Waals surface area contributed by atoms with E-state index in [9.17, 15) is 4.79 Å². The maximum absolute atomic E-state index is 11.5. The minimum atomic E-state index is -0.390. The van der Waals surface area contributed by atoms with Crippen molar-refractivity contribution in [1.29, 1.82) is 0 Å². The summed E-state index contributed by atoms with van der Waals surface area (Å²) in [5.74, 6) is 0.870. The molecule has 0 aliphatic heterocycles. The molecule has 4 heteroatoms. The van der Waals surface area contributed by atoms with Gasteiger partial charge in [0.1, 0.15) is 11.5 Å². The van der Waals surface area contributed by atoms with E-state index in [1.165, 1.54) is 7.11 Å². The van der Waals surface area contributed by atoms with Crippen LogP contribution >= 0.6 is 0 Å². The number of ether oxygens (including phenoxy) is 3. The third-order valence-corrected chi connectivity index (χ3v) is 2.25. The van der Waals surface area contributed by atoms with Crippen LogP contribution in [0.15, 0.2) is 18.2 Å². The highest BCUT2D eigenvalue weighted by molar-refractivity contribution is 5.90. The molecule has 0 amide bonds. The van der Waals surface area contributed by atoms with Gasteiger partial charge in [0.2, 0.25) is 0 Å². The lowest BCUT2D eigenvalue weighted by Gasteiger charge is -2.10. The van der Waals surface area contributed by atoms with Gasteiger partial charge in [-0.1, -0.05) is 13.8 Å². The van der Waals surface area contributed by atoms with Crippen LogP contribution < -0.4 is 9.47 Å². The molecule has 0 unspecified atom stereocenters. The molecule has 0 aromatic heterocycles. The van der Waals surface area contributed by atoms with E-state index < -0.39 is 5.97 Å². The van der Waals surface area contributed by atoms with Crippen LogP contribution in [0.3, 0.4) is 0 Å². The van der Waals surface area contributed by atoms with E-state index in [2.05, 4.69) is 0 Å². The van der Waals surface area contributed by atoms with E-state index in [0.29, 0.717) is 30.3 Å². The average molecular weight is 252 g/mol. The summed E-state index contributed by atoms with van der Waals surface area (Å²) in [6.07, 6.45) is 1.82. The number of carbonyl (C=O) groups is 1. The van der Waals surface area contributed by atoms with Gasteiger partial charge in [0.25, 0.3) is 0 Å². The molecule has 0 heterocycles. The van der Waals surface area contributed by atoms with Crippen LogP contribution in [0, 0.1) is 0 Å². The highest BCUT2D eigenvalue weighted by Crippen LogP contribution is 2.24. The minimum Gasteiger partial charge on any atom is -0.493 e. The van der Waals surface area contributed by atoms with Crippen LogP contribution in [0.4, 0.5) is 0 Å². The normalized spacial score (nSPS) is 9.94. The van der Waals surface area contributed by atoms with Gasteiger partial charge in [-0.2, -0.15) is 0 Å². The van der Waals surface area contributed by atoms with Crippen molar-refractivity contribution in [2.45, 2.75) is 26.7 Å². The first-order valence-electron chi connectivity index (χ1n) is 6.20. The number of carbonyl (C=O) groups excluding carboxylic acids is 1. The van der Waals surface area contributed by atoms with Gasteiger partial charge < -0.3 is 14.2 Å². The molecule has 18 heavy (non-hydrogen) atoms. The Kier molecular flexibility index (Phi) is 6.05. The molecule has 100 valence electrons. The van der Waals surface area contributed by atoms with Crippen molar-refractivity contribution in [1.82, 2.24) is 0 Å². The Hall–Kier alpha value is -1.71. The zero-order valence-electron chi connectivity index (χ0n) is 11.2. The number of benzene rings is 1. The molecule has 0 spiro atoms. The topological polar surface area (TPSA) is 44.8 Å². The first-order valence-corrected chi connectivity index (χ1v) is 6.20. The number of hydrogen-bond acceptors (Lipinski definition) is 4. The van der Waals surface area contributed by atoms with E-state index in [1.807, 2.05) is 13.8 Å². The molecule has 0 bridgehead atoms. The van der Waals surface area contributed by atoms with Crippen molar-refractivity contribution < 1.29 is 19.0 Å². The largest absolute Gasteiger partial charge is 0.493 e. The summed E-state index contributed by atoms with van der Waals surface area (Å²) >= 11 is 0. The monoisotopic (exact) mass is 252 g/mol. The molecular formula is C14H20O4. The van der Waals surface area contributed by atoms with Crippen molar-refractivity contribution in [3.63, 3.8) is 0 Å². The molecule has 1 aromatic rings. The molecule has 0 saturated heterocycles. The minimum absolute atomic E-state index is 0.390. The molecular weight excluding hydrogens is 232 g/mol. The number of rotatable bonds is 7. The molecule has 0 atom stereocenters. The van der Waals surface area contributed by atoms with Crippen LogP contribution in [-0.2, 0) is 4.74 Å². The number of esters is 1. The first kappa shape index (κ1) is 14.4. The van der Waals surface area contributed by atoms with Crippen molar-refractivity contribution in [2.24, 2.45) is 0 Å². The van der Waals surface area contributed by atoms with Gasteiger partial charge in [-0.05, 0) is 25.0 Å². The van der Waals surface area contributed by atoms with Gasteiger partial charge in [-0.15, -0.1) is 0 Å². The Morgan fingerprint density at radius 1 is 1.00 bits per heavy atom. The summed E-state index contributed by atoms with van der Waals surface area (Å²) in [7, 11) is 1.36. The predicted molar refractivity (Wildman–Crippen MR) is 69.4 cm³/mol. The molecule has 0 N–H and O–H groups in total. The molecule has 1 rings (SSSR count). The Morgan fingerprint density at radius 2 is 1.50 bits per heavy atom. The Labute approximate surface area is 108 Å². The standard InChI is InChI=1S/C14H20O4/c1-4-6-17-12-8-11(14(15)16-3)9-13(10-12)18-7-5-2/h8-10H,4-7H2,1-3H3. The third kappa shape index (κ3) is 4.28. The SMILES string of the molecule is CCCOc1cc(OCCC)cc(C(=O)OC)c1. The Balaban J connectivity index is 2.91. The summed E-state index contributed by atoms with van der Waals surface area (Å²) in [6.45, 7) is 5.27. The molecule has 1 aromatic carbocycles. The zero-order valence-corrected chi connectivity index (χ0v) is 11.2. The summed E-state index contributed by atoms with van der Waals surface area (Å²) < 4.78 is 15.8. The van der Waals surface area contributed by atoms with Crippen LogP contribution in [-0.4, -0.2) is 26.3 Å². The maximum Gasteiger partial charge on any atom is 0.338 e. The summed E-state index contributed by atoms with van der Waals surface area (Å²) in [5, 5.41) is 0. The van der Waals surface area contributed by atoms with Gasteiger partial charge in [0.15, 0.2) is 0 Å². The Morgan fingerprint density at radius 3 is 1.89 bits per heavy atom. The average Bonchev–Trinajstić information content (AvgIpc) is 2.41. The molecule has 0 aliphatic rings. The van der Waals surface area contributed by atoms with Gasteiger partial charge in [-0.25, -0.2) is 4.79 Å². The Bertz CT molecular complexity index is 361. The highest BCUT2D eigenvalue weighted by atomic mass is 16.5. The van der Waals surface area contributed by atoms with Crippen molar-refractivity contribution in [3.8, 4) is 11.5 Å². The van der Waals surface area contributed by atoms with E-state index in [1.54, 1.807) is 18.2 Å². The number of methoxy groups -OCH3 is 1. The predicted octanol–water partition coefficient (Wildman–Crippen LogP) is 3.05. The lowest BCUT2D eigenvalue weighted by Crippen LogP contribution is -2.04. The lowest BCUT2D eigenvalue weighted by atomic mass is 10.2. The summed E-state index contributed by atoms with van der Waals surface area (Å²) in [6, 6.07) is 5.12. The maximum atomic E-state index is 11.5. The van der Waals surface area contributed by atoms with Gasteiger partial charge >= 0.3 is 5.97 Å². The molecule has 0 saturated carbocycles. The molecule has 0 radical (unpaired) electrons. The second kappa shape index (κ2) is 7.58. The van der Waals surface area contributed by atoms with E-state index >= 15 is 0 Å². The fraction of sp³-hybridized carbons (Fsp3) is 0.500. The van der Waals surface area contributed by atoms with E-state index in [-0.39, 0.29) is 0 Å². The van der Waals surface area contributed by atoms with Crippen LogP contribution in [0.5, 0.6) is 11.5 Å². The van der Waals surface area contributed by atoms with Gasteiger partial charge in [-0.3, -0.25) is 0 Å². The lowest BCUT2D eigenvalue weighted by molar-refractivity contribution is 0.0599. The zero-order chi connectivity index (χ0) is 13.4. The molecule has 0 aliphatic carbocycles. The quantitative estimate of drug-likeness (QED) is 0.700. The van der Waals surface area contributed by atoms with Crippen molar-refractivity contribution in [3.05, 3.63) is 23.8 Å². The summed E-state index contributed by atoms with van der Waals surface area (Å²) in [4.78, 5) is 11.5. The number of hydrogen-bond donors (Lipinski definition) is 0. The van der Waals surface area contributed by atoms with Crippen LogP contribution in [0.2, 0.25) is 0 Å². The summed E-state index contributed by atoms with van der Waals surface area (Å²) in [5.41, 5.74) is 0.442.